The molecular weight excluding hydrogens is 260 g/mol. The summed E-state index contributed by atoms with van der Waals surface area (Å²) < 4.78 is 5.48. The lowest BCUT2D eigenvalue weighted by Gasteiger charge is -2.04. The van der Waals surface area contributed by atoms with E-state index in [1.165, 1.54) is 6.26 Å². The molecule has 0 amide bonds. The SMILES string of the molecule is Cc1nc(Br)cc(NCc2ccon2)n1. The van der Waals surface area contributed by atoms with Crippen LogP contribution < -0.4 is 5.32 Å². The van der Waals surface area contributed by atoms with Crippen molar-refractivity contribution in [2.24, 2.45) is 0 Å². The Kier molecular flexibility index (Phi) is 2.96. The molecule has 0 aromatic carbocycles. The van der Waals surface area contributed by atoms with Crippen molar-refractivity contribution >= 4 is 21.7 Å². The zero-order valence-corrected chi connectivity index (χ0v) is 9.65. The summed E-state index contributed by atoms with van der Waals surface area (Å²) >= 11 is 3.31. The molecule has 0 radical (unpaired) electrons. The van der Waals surface area contributed by atoms with Crippen LogP contribution in [0.3, 0.4) is 0 Å². The van der Waals surface area contributed by atoms with E-state index in [4.69, 9.17) is 4.52 Å². The first kappa shape index (κ1) is 10.1. The third kappa shape index (κ3) is 2.76. The lowest BCUT2D eigenvalue weighted by Crippen LogP contribution is -2.03. The number of hydrogen-bond acceptors (Lipinski definition) is 5. The van der Waals surface area contributed by atoms with Crippen LogP contribution in [-0.2, 0) is 6.54 Å². The second-order valence-corrected chi connectivity index (χ2v) is 3.78. The number of rotatable bonds is 3. The van der Waals surface area contributed by atoms with Crippen LogP contribution in [0.15, 0.2) is 27.5 Å². The summed E-state index contributed by atoms with van der Waals surface area (Å²) in [5, 5.41) is 6.91. The van der Waals surface area contributed by atoms with Gasteiger partial charge in [-0.05, 0) is 22.9 Å². The minimum absolute atomic E-state index is 0.583. The van der Waals surface area contributed by atoms with E-state index in [0.717, 1.165) is 16.1 Å². The maximum atomic E-state index is 4.72. The molecule has 0 atom stereocenters. The van der Waals surface area contributed by atoms with Crippen LogP contribution in [0.1, 0.15) is 11.5 Å². The van der Waals surface area contributed by atoms with Gasteiger partial charge in [0.1, 0.15) is 28.2 Å². The van der Waals surface area contributed by atoms with Crippen LogP contribution in [-0.4, -0.2) is 15.1 Å². The highest BCUT2D eigenvalue weighted by Crippen LogP contribution is 2.12. The van der Waals surface area contributed by atoms with E-state index in [1.54, 1.807) is 6.07 Å². The first-order valence-electron chi connectivity index (χ1n) is 4.38. The lowest BCUT2D eigenvalue weighted by atomic mass is 10.4. The van der Waals surface area contributed by atoms with Gasteiger partial charge in [0.25, 0.3) is 0 Å². The lowest BCUT2D eigenvalue weighted by molar-refractivity contribution is 0.412. The van der Waals surface area contributed by atoms with Crippen molar-refractivity contribution in [3.63, 3.8) is 0 Å². The van der Waals surface area contributed by atoms with E-state index in [9.17, 15) is 0 Å². The van der Waals surface area contributed by atoms with Crippen LogP contribution in [0, 0.1) is 6.92 Å². The average molecular weight is 269 g/mol. The predicted molar refractivity (Wildman–Crippen MR) is 58.3 cm³/mol. The fourth-order valence-electron chi connectivity index (χ4n) is 1.13. The molecule has 0 bridgehead atoms. The van der Waals surface area contributed by atoms with Crippen molar-refractivity contribution in [1.29, 1.82) is 0 Å². The molecular formula is C9H9BrN4O. The Labute approximate surface area is 95.0 Å². The molecule has 6 heteroatoms. The maximum absolute atomic E-state index is 4.72. The molecule has 0 saturated carbocycles. The molecule has 0 unspecified atom stereocenters. The molecule has 2 aromatic rings. The number of nitrogens with zero attached hydrogens (tertiary/aromatic N) is 3. The molecule has 78 valence electrons. The van der Waals surface area contributed by atoms with Crippen LogP contribution in [0.25, 0.3) is 0 Å². The smallest absolute Gasteiger partial charge is 0.131 e. The van der Waals surface area contributed by atoms with E-state index in [-0.39, 0.29) is 0 Å². The van der Waals surface area contributed by atoms with Gasteiger partial charge in [0.2, 0.25) is 0 Å². The molecule has 0 saturated heterocycles. The summed E-state index contributed by atoms with van der Waals surface area (Å²) in [6.07, 6.45) is 1.54. The van der Waals surface area contributed by atoms with Crippen molar-refractivity contribution in [1.82, 2.24) is 15.1 Å². The summed E-state index contributed by atoms with van der Waals surface area (Å²) in [6.45, 7) is 2.42. The highest BCUT2D eigenvalue weighted by Gasteiger charge is 2.00. The first-order chi connectivity index (χ1) is 7.24. The fourth-order valence-corrected chi connectivity index (χ4v) is 1.61. The van der Waals surface area contributed by atoms with Crippen LogP contribution >= 0.6 is 15.9 Å². The van der Waals surface area contributed by atoms with Gasteiger partial charge in [-0.15, -0.1) is 0 Å². The van der Waals surface area contributed by atoms with E-state index >= 15 is 0 Å². The van der Waals surface area contributed by atoms with Crippen LogP contribution in [0.5, 0.6) is 0 Å². The van der Waals surface area contributed by atoms with Gasteiger partial charge in [-0.1, -0.05) is 5.16 Å². The number of nitrogens with one attached hydrogen (secondary N) is 1. The predicted octanol–water partition coefficient (Wildman–Crippen LogP) is 2.15. The van der Waals surface area contributed by atoms with Crippen LogP contribution in [0.4, 0.5) is 5.82 Å². The summed E-state index contributed by atoms with van der Waals surface area (Å²) in [7, 11) is 0. The summed E-state index contributed by atoms with van der Waals surface area (Å²) in [5.41, 5.74) is 0.836. The monoisotopic (exact) mass is 268 g/mol. The second-order valence-electron chi connectivity index (χ2n) is 2.97. The van der Waals surface area contributed by atoms with Crippen molar-refractivity contribution in [3.8, 4) is 0 Å². The number of aromatic nitrogens is 3. The average Bonchev–Trinajstić information content (AvgIpc) is 2.65. The number of anilines is 1. The van der Waals surface area contributed by atoms with Crippen molar-refractivity contribution < 1.29 is 4.52 Å². The molecule has 15 heavy (non-hydrogen) atoms. The molecule has 0 aliphatic carbocycles. The molecule has 2 heterocycles. The summed E-state index contributed by atoms with van der Waals surface area (Å²) in [4.78, 5) is 8.33. The van der Waals surface area contributed by atoms with E-state index in [1.807, 2.05) is 13.0 Å². The van der Waals surface area contributed by atoms with Crippen LogP contribution in [0.2, 0.25) is 0 Å². The standard InChI is InChI=1S/C9H9BrN4O/c1-6-12-8(10)4-9(13-6)11-5-7-2-3-15-14-7/h2-4H,5H2,1H3,(H,11,12,13). The minimum atomic E-state index is 0.583. The Hall–Kier alpha value is -1.43. The van der Waals surface area contributed by atoms with Gasteiger partial charge in [0, 0.05) is 12.1 Å². The Balaban J connectivity index is 2.05. The molecule has 1 N–H and O–H groups in total. The first-order valence-corrected chi connectivity index (χ1v) is 5.17. The van der Waals surface area contributed by atoms with Gasteiger partial charge in [0.05, 0.1) is 6.54 Å². The zero-order valence-electron chi connectivity index (χ0n) is 8.07. The highest BCUT2D eigenvalue weighted by atomic mass is 79.9. The second kappa shape index (κ2) is 4.39. The molecule has 2 aromatic heterocycles. The summed E-state index contributed by atoms with van der Waals surface area (Å²) in [5.74, 6) is 1.48. The van der Waals surface area contributed by atoms with Crippen molar-refractivity contribution in [2.45, 2.75) is 13.5 Å². The Morgan fingerprint density at radius 3 is 3.00 bits per heavy atom. The summed E-state index contributed by atoms with van der Waals surface area (Å²) in [6, 6.07) is 3.61. The molecule has 0 aliphatic heterocycles. The zero-order chi connectivity index (χ0) is 10.7. The Bertz CT molecular complexity index is 423. The van der Waals surface area contributed by atoms with Gasteiger partial charge in [-0.3, -0.25) is 0 Å². The third-order valence-electron chi connectivity index (χ3n) is 1.75. The van der Waals surface area contributed by atoms with Gasteiger partial charge in [-0.25, -0.2) is 9.97 Å². The number of hydrogen-bond donors (Lipinski definition) is 1. The van der Waals surface area contributed by atoms with Crippen molar-refractivity contribution in [2.75, 3.05) is 5.32 Å². The number of aryl methyl sites for hydroxylation is 1. The Morgan fingerprint density at radius 2 is 2.33 bits per heavy atom. The van der Waals surface area contributed by atoms with E-state index in [0.29, 0.717) is 12.4 Å². The third-order valence-corrected chi connectivity index (χ3v) is 2.15. The number of halogens is 1. The topological polar surface area (TPSA) is 63.8 Å². The quantitative estimate of drug-likeness (QED) is 0.865. The largest absolute Gasteiger partial charge is 0.364 e. The van der Waals surface area contributed by atoms with Gasteiger partial charge in [0.15, 0.2) is 0 Å². The molecule has 0 fully saturated rings. The highest BCUT2D eigenvalue weighted by molar-refractivity contribution is 9.10. The normalized spacial score (nSPS) is 10.3. The van der Waals surface area contributed by atoms with E-state index in [2.05, 4.69) is 36.4 Å². The Morgan fingerprint density at radius 1 is 1.47 bits per heavy atom. The van der Waals surface area contributed by atoms with E-state index < -0.39 is 0 Å². The molecule has 2 rings (SSSR count). The molecule has 0 aliphatic rings. The van der Waals surface area contributed by atoms with Gasteiger partial charge < -0.3 is 9.84 Å². The van der Waals surface area contributed by atoms with Crippen molar-refractivity contribution in [3.05, 3.63) is 34.5 Å². The molecule has 0 spiro atoms. The molecule has 5 nitrogen and oxygen atoms in total. The van der Waals surface area contributed by atoms with Gasteiger partial charge in [-0.2, -0.15) is 0 Å². The maximum Gasteiger partial charge on any atom is 0.131 e. The van der Waals surface area contributed by atoms with Gasteiger partial charge >= 0.3 is 0 Å². The minimum Gasteiger partial charge on any atom is -0.364 e. The fraction of sp³-hybridized carbons (Fsp3) is 0.222.